The summed E-state index contributed by atoms with van der Waals surface area (Å²) in [6.45, 7) is 6.03. The minimum Gasteiger partial charge on any atom is -0.481 e. The third-order valence-corrected chi connectivity index (χ3v) is 2.99. The van der Waals surface area contributed by atoms with Gasteiger partial charge in [-0.25, -0.2) is 0 Å². The average molecular weight is 286 g/mol. The van der Waals surface area contributed by atoms with Crippen LogP contribution in [0.15, 0.2) is 4.52 Å². The van der Waals surface area contributed by atoms with Crippen LogP contribution in [-0.2, 0) is 16.1 Å². The van der Waals surface area contributed by atoms with Crippen molar-refractivity contribution >= 4 is 5.97 Å². The molecular weight excluding hydrogens is 264 g/mol. The lowest BCUT2D eigenvalue weighted by Gasteiger charge is -2.21. The number of carboxylic acid groups (broad SMARTS) is 1. The molecule has 20 heavy (non-hydrogen) atoms. The highest BCUT2D eigenvalue weighted by Crippen LogP contribution is 2.15. The van der Waals surface area contributed by atoms with Crippen molar-refractivity contribution in [2.24, 2.45) is 0 Å². The van der Waals surface area contributed by atoms with E-state index in [1.807, 2.05) is 18.7 Å². The van der Waals surface area contributed by atoms with Crippen LogP contribution in [0.2, 0.25) is 0 Å². The molecule has 0 aliphatic rings. The molecule has 0 saturated carbocycles. The SMILES string of the molecule is Cc1noc(C)c1CN(CCOCCO)CCC(=O)O. The molecule has 0 aliphatic heterocycles. The second kappa shape index (κ2) is 8.68. The molecule has 7 heteroatoms. The maximum absolute atomic E-state index is 10.7. The Hall–Kier alpha value is -1.44. The lowest BCUT2D eigenvalue weighted by atomic mass is 10.2. The molecule has 2 N–H and O–H groups in total. The van der Waals surface area contributed by atoms with Gasteiger partial charge < -0.3 is 19.5 Å². The van der Waals surface area contributed by atoms with Gasteiger partial charge in [0.25, 0.3) is 0 Å². The number of ether oxygens (including phenoxy) is 1. The van der Waals surface area contributed by atoms with E-state index >= 15 is 0 Å². The minimum atomic E-state index is -0.829. The molecule has 0 saturated heterocycles. The van der Waals surface area contributed by atoms with Gasteiger partial charge in [-0.05, 0) is 13.8 Å². The van der Waals surface area contributed by atoms with Crippen LogP contribution in [0.4, 0.5) is 0 Å². The van der Waals surface area contributed by atoms with Crippen LogP contribution in [0.5, 0.6) is 0 Å². The number of hydrogen-bond acceptors (Lipinski definition) is 6. The number of carboxylic acids is 1. The first-order valence-corrected chi connectivity index (χ1v) is 6.59. The Balaban J connectivity index is 2.54. The van der Waals surface area contributed by atoms with E-state index in [-0.39, 0.29) is 19.6 Å². The normalized spacial score (nSPS) is 11.2. The highest BCUT2D eigenvalue weighted by atomic mass is 16.5. The molecule has 114 valence electrons. The molecule has 7 nitrogen and oxygen atoms in total. The molecule has 1 aromatic rings. The van der Waals surface area contributed by atoms with Crippen molar-refractivity contribution in [1.29, 1.82) is 0 Å². The van der Waals surface area contributed by atoms with Crippen molar-refractivity contribution in [2.45, 2.75) is 26.8 Å². The molecule has 0 aromatic carbocycles. The number of hydrogen-bond donors (Lipinski definition) is 2. The fraction of sp³-hybridized carbons (Fsp3) is 0.692. The van der Waals surface area contributed by atoms with Crippen LogP contribution < -0.4 is 0 Å². The summed E-state index contributed by atoms with van der Waals surface area (Å²) in [7, 11) is 0. The molecule has 1 aromatic heterocycles. The van der Waals surface area contributed by atoms with E-state index in [1.54, 1.807) is 0 Å². The molecule has 1 heterocycles. The molecule has 0 radical (unpaired) electrons. The number of nitrogens with zero attached hydrogens (tertiary/aromatic N) is 2. The Morgan fingerprint density at radius 3 is 2.65 bits per heavy atom. The van der Waals surface area contributed by atoms with E-state index in [0.717, 1.165) is 17.0 Å². The third-order valence-electron chi connectivity index (χ3n) is 2.99. The topological polar surface area (TPSA) is 96.0 Å². The van der Waals surface area contributed by atoms with Crippen LogP contribution in [-0.4, -0.2) is 59.1 Å². The van der Waals surface area contributed by atoms with Crippen LogP contribution in [0.25, 0.3) is 0 Å². The lowest BCUT2D eigenvalue weighted by Crippen LogP contribution is -2.30. The van der Waals surface area contributed by atoms with Crippen LogP contribution in [0.3, 0.4) is 0 Å². The first-order valence-electron chi connectivity index (χ1n) is 6.59. The van der Waals surface area contributed by atoms with Crippen molar-refractivity contribution in [3.05, 3.63) is 17.0 Å². The van der Waals surface area contributed by atoms with Crippen molar-refractivity contribution in [3.8, 4) is 0 Å². The summed E-state index contributed by atoms with van der Waals surface area (Å²) < 4.78 is 10.3. The molecule has 1 rings (SSSR count). The first kappa shape index (κ1) is 16.6. The number of aryl methyl sites for hydroxylation is 2. The van der Waals surface area contributed by atoms with E-state index in [9.17, 15) is 4.79 Å². The second-order valence-corrected chi connectivity index (χ2v) is 4.56. The molecule has 0 bridgehead atoms. The van der Waals surface area contributed by atoms with Crippen molar-refractivity contribution < 1.29 is 24.3 Å². The molecule has 0 spiro atoms. The summed E-state index contributed by atoms with van der Waals surface area (Å²) in [4.78, 5) is 12.7. The van der Waals surface area contributed by atoms with Gasteiger partial charge in [0.1, 0.15) is 5.76 Å². The van der Waals surface area contributed by atoms with Crippen LogP contribution >= 0.6 is 0 Å². The Morgan fingerprint density at radius 2 is 2.10 bits per heavy atom. The standard InChI is InChI=1S/C13H22N2O5/c1-10-12(11(2)20-14-10)9-15(4-3-13(17)18)5-7-19-8-6-16/h16H,3-9H2,1-2H3,(H,17,18). The van der Waals surface area contributed by atoms with Gasteiger partial charge in [0, 0.05) is 25.2 Å². The molecule has 0 fully saturated rings. The predicted molar refractivity (Wildman–Crippen MR) is 71.4 cm³/mol. The summed E-state index contributed by atoms with van der Waals surface area (Å²) >= 11 is 0. The Labute approximate surface area is 118 Å². The smallest absolute Gasteiger partial charge is 0.304 e. The number of carbonyl (C=O) groups is 1. The zero-order chi connectivity index (χ0) is 15.0. The largest absolute Gasteiger partial charge is 0.481 e. The number of aliphatic hydroxyl groups is 1. The zero-order valence-electron chi connectivity index (χ0n) is 12.0. The molecule has 0 amide bonds. The number of rotatable bonds is 10. The van der Waals surface area contributed by atoms with Gasteiger partial charge >= 0.3 is 5.97 Å². The van der Waals surface area contributed by atoms with Gasteiger partial charge in [-0.3, -0.25) is 9.69 Å². The zero-order valence-corrected chi connectivity index (χ0v) is 12.0. The highest BCUT2D eigenvalue weighted by molar-refractivity contribution is 5.66. The van der Waals surface area contributed by atoms with Crippen molar-refractivity contribution in [2.75, 3.05) is 32.9 Å². The number of aliphatic hydroxyl groups excluding tert-OH is 1. The summed E-state index contributed by atoms with van der Waals surface area (Å²) in [5.74, 6) is -0.0795. The Kier molecular flexibility index (Phi) is 7.21. The van der Waals surface area contributed by atoms with Crippen LogP contribution in [0, 0.1) is 13.8 Å². The Bertz CT molecular complexity index is 399. The van der Waals surface area contributed by atoms with Gasteiger partial charge in [0.15, 0.2) is 0 Å². The predicted octanol–water partition coefficient (Wildman–Crippen LogP) is 0.577. The van der Waals surface area contributed by atoms with Gasteiger partial charge in [-0.2, -0.15) is 0 Å². The summed E-state index contributed by atoms with van der Waals surface area (Å²) in [5.41, 5.74) is 1.80. The summed E-state index contributed by atoms with van der Waals surface area (Å²) in [5, 5.41) is 21.3. The van der Waals surface area contributed by atoms with Gasteiger partial charge in [-0.1, -0.05) is 5.16 Å². The molecule has 0 unspecified atom stereocenters. The Morgan fingerprint density at radius 1 is 1.35 bits per heavy atom. The third kappa shape index (κ3) is 5.68. The number of aliphatic carboxylic acids is 1. The van der Waals surface area contributed by atoms with Gasteiger partial charge in [0.05, 0.1) is 31.9 Å². The van der Waals surface area contributed by atoms with E-state index < -0.39 is 5.97 Å². The van der Waals surface area contributed by atoms with Crippen molar-refractivity contribution in [1.82, 2.24) is 10.1 Å². The van der Waals surface area contributed by atoms with E-state index in [0.29, 0.717) is 26.2 Å². The van der Waals surface area contributed by atoms with Gasteiger partial charge in [-0.15, -0.1) is 0 Å². The van der Waals surface area contributed by atoms with E-state index in [1.165, 1.54) is 0 Å². The van der Waals surface area contributed by atoms with Gasteiger partial charge in [0.2, 0.25) is 0 Å². The van der Waals surface area contributed by atoms with E-state index in [4.69, 9.17) is 19.5 Å². The maximum Gasteiger partial charge on any atom is 0.304 e. The highest BCUT2D eigenvalue weighted by Gasteiger charge is 2.14. The molecular formula is C13H22N2O5. The fourth-order valence-corrected chi connectivity index (χ4v) is 1.84. The minimum absolute atomic E-state index is 0.0149. The average Bonchev–Trinajstić information content (AvgIpc) is 2.71. The quantitative estimate of drug-likeness (QED) is 0.607. The number of aromatic nitrogens is 1. The van der Waals surface area contributed by atoms with Crippen LogP contribution in [0.1, 0.15) is 23.4 Å². The molecule has 0 atom stereocenters. The maximum atomic E-state index is 10.7. The second-order valence-electron chi connectivity index (χ2n) is 4.56. The fourth-order valence-electron chi connectivity index (χ4n) is 1.84. The lowest BCUT2D eigenvalue weighted by molar-refractivity contribution is -0.137. The van der Waals surface area contributed by atoms with E-state index in [2.05, 4.69) is 5.16 Å². The summed E-state index contributed by atoms with van der Waals surface area (Å²) in [6.07, 6.45) is 0.0728. The monoisotopic (exact) mass is 286 g/mol. The summed E-state index contributed by atoms with van der Waals surface area (Å²) in [6, 6.07) is 0. The first-order chi connectivity index (χ1) is 9.54. The molecule has 0 aliphatic carbocycles. The van der Waals surface area contributed by atoms with Crippen molar-refractivity contribution in [3.63, 3.8) is 0 Å².